The van der Waals surface area contributed by atoms with Gasteiger partial charge in [-0.1, -0.05) is 34.1 Å². The first-order chi connectivity index (χ1) is 6.87. The number of halogens is 1. The third-order valence-corrected chi connectivity index (χ3v) is 4.91. The molecule has 0 saturated carbocycles. The molecule has 0 aliphatic heterocycles. The second-order valence-corrected chi connectivity index (χ2v) is 6.18. The van der Waals surface area contributed by atoms with E-state index in [-0.39, 0.29) is 0 Å². The molecule has 0 heterocycles. The molecule has 0 saturated heterocycles. The summed E-state index contributed by atoms with van der Waals surface area (Å²) < 4.78 is 26.4. The Morgan fingerprint density at radius 1 is 1.27 bits per heavy atom. The standard InChI is InChI=1S/C10H14BrNO2S/c1-10(2,8-11)12-15(13,14)9-6-4-3-5-7-9/h3-7,12H,8H2,1-2H3. The molecule has 0 fully saturated rings. The highest BCUT2D eigenvalue weighted by molar-refractivity contribution is 9.09. The quantitative estimate of drug-likeness (QED) is 0.864. The van der Waals surface area contributed by atoms with Gasteiger partial charge in [-0.25, -0.2) is 13.1 Å². The lowest BCUT2D eigenvalue weighted by Crippen LogP contribution is -2.44. The van der Waals surface area contributed by atoms with Crippen LogP contribution in [0.4, 0.5) is 0 Å². The maximum atomic E-state index is 11.9. The second kappa shape index (κ2) is 4.63. The Morgan fingerprint density at radius 3 is 2.27 bits per heavy atom. The topological polar surface area (TPSA) is 46.2 Å². The Hall–Kier alpha value is -0.390. The molecule has 5 heteroatoms. The van der Waals surface area contributed by atoms with Crippen molar-refractivity contribution in [2.24, 2.45) is 0 Å². The summed E-state index contributed by atoms with van der Waals surface area (Å²) in [6.45, 7) is 3.64. The number of hydrogen-bond donors (Lipinski definition) is 1. The molecule has 1 aromatic rings. The van der Waals surface area contributed by atoms with Gasteiger partial charge in [-0.05, 0) is 26.0 Å². The summed E-state index contributed by atoms with van der Waals surface area (Å²) in [4.78, 5) is 0.291. The summed E-state index contributed by atoms with van der Waals surface area (Å²) in [6, 6.07) is 8.35. The van der Waals surface area contributed by atoms with Crippen LogP contribution in [0.2, 0.25) is 0 Å². The van der Waals surface area contributed by atoms with Crippen molar-refractivity contribution in [3.8, 4) is 0 Å². The minimum atomic E-state index is -3.41. The normalized spacial score (nSPS) is 12.7. The zero-order chi connectivity index (χ0) is 11.5. The molecule has 0 unspecified atom stereocenters. The third-order valence-electron chi connectivity index (χ3n) is 1.80. The van der Waals surface area contributed by atoms with Crippen LogP contribution >= 0.6 is 15.9 Å². The number of alkyl halides is 1. The molecule has 0 aromatic heterocycles. The van der Waals surface area contributed by atoms with Crippen LogP contribution in [0, 0.1) is 0 Å². The Labute approximate surface area is 99.1 Å². The SMILES string of the molecule is CC(C)(CBr)NS(=O)(=O)c1ccccc1. The van der Waals surface area contributed by atoms with E-state index in [1.165, 1.54) is 0 Å². The molecule has 0 bridgehead atoms. The molecular weight excluding hydrogens is 278 g/mol. The van der Waals surface area contributed by atoms with E-state index in [2.05, 4.69) is 20.7 Å². The van der Waals surface area contributed by atoms with Crippen LogP contribution in [-0.4, -0.2) is 19.3 Å². The smallest absolute Gasteiger partial charge is 0.207 e. The summed E-state index contributed by atoms with van der Waals surface area (Å²) in [5, 5.41) is 0.562. The lowest BCUT2D eigenvalue weighted by molar-refractivity contribution is 0.500. The van der Waals surface area contributed by atoms with E-state index in [1.54, 1.807) is 30.3 Å². The average Bonchev–Trinajstić information content (AvgIpc) is 2.18. The van der Waals surface area contributed by atoms with Gasteiger partial charge in [0.05, 0.1) is 4.90 Å². The molecular formula is C10H14BrNO2S. The molecule has 0 radical (unpaired) electrons. The first kappa shape index (κ1) is 12.7. The van der Waals surface area contributed by atoms with Gasteiger partial charge in [0.2, 0.25) is 10.0 Å². The van der Waals surface area contributed by atoms with E-state index in [9.17, 15) is 8.42 Å². The molecule has 1 aromatic carbocycles. The van der Waals surface area contributed by atoms with Crippen molar-refractivity contribution in [3.05, 3.63) is 30.3 Å². The van der Waals surface area contributed by atoms with Gasteiger partial charge in [0, 0.05) is 10.9 Å². The van der Waals surface area contributed by atoms with Crippen LogP contribution < -0.4 is 4.72 Å². The zero-order valence-electron chi connectivity index (χ0n) is 8.70. The minimum absolute atomic E-state index is 0.291. The fourth-order valence-corrected chi connectivity index (χ4v) is 2.81. The lowest BCUT2D eigenvalue weighted by atomic mass is 10.1. The number of hydrogen-bond acceptors (Lipinski definition) is 2. The fraction of sp³-hybridized carbons (Fsp3) is 0.400. The van der Waals surface area contributed by atoms with Crippen molar-refractivity contribution in [1.82, 2.24) is 4.72 Å². The van der Waals surface area contributed by atoms with Crippen molar-refractivity contribution in [1.29, 1.82) is 0 Å². The summed E-state index contributed by atoms with van der Waals surface area (Å²) in [5.41, 5.74) is -0.491. The molecule has 1 N–H and O–H groups in total. The zero-order valence-corrected chi connectivity index (χ0v) is 11.1. The van der Waals surface area contributed by atoms with E-state index in [0.717, 1.165) is 0 Å². The summed E-state index contributed by atoms with van der Waals surface area (Å²) in [7, 11) is -3.41. The lowest BCUT2D eigenvalue weighted by Gasteiger charge is -2.23. The summed E-state index contributed by atoms with van der Waals surface area (Å²) >= 11 is 3.27. The predicted molar refractivity (Wildman–Crippen MR) is 64.6 cm³/mol. The van der Waals surface area contributed by atoms with Crippen LogP contribution in [0.1, 0.15) is 13.8 Å². The van der Waals surface area contributed by atoms with Crippen molar-refractivity contribution >= 4 is 26.0 Å². The molecule has 15 heavy (non-hydrogen) atoms. The van der Waals surface area contributed by atoms with Crippen molar-refractivity contribution in [2.45, 2.75) is 24.3 Å². The van der Waals surface area contributed by atoms with E-state index in [0.29, 0.717) is 10.2 Å². The van der Waals surface area contributed by atoms with Crippen LogP contribution in [0.3, 0.4) is 0 Å². The van der Waals surface area contributed by atoms with Gasteiger partial charge in [0.15, 0.2) is 0 Å². The molecule has 1 rings (SSSR count). The highest BCUT2D eigenvalue weighted by atomic mass is 79.9. The molecule has 0 amide bonds. The van der Waals surface area contributed by atoms with E-state index >= 15 is 0 Å². The summed E-state index contributed by atoms with van der Waals surface area (Å²) in [5.74, 6) is 0. The first-order valence-electron chi connectivity index (χ1n) is 4.52. The Kier molecular flexibility index (Phi) is 3.92. The highest BCUT2D eigenvalue weighted by Crippen LogP contribution is 2.13. The monoisotopic (exact) mass is 291 g/mol. The second-order valence-electron chi connectivity index (χ2n) is 3.94. The van der Waals surface area contributed by atoms with Crippen LogP contribution in [0.5, 0.6) is 0 Å². The number of nitrogens with one attached hydrogen (secondary N) is 1. The molecule has 0 aliphatic carbocycles. The van der Waals surface area contributed by atoms with Gasteiger partial charge in [0.1, 0.15) is 0 Å². The van der Waals surface area contributed by atoms with E-state index in [1.807, 2.05) is 13.8 Å². The molecule has 0 spiro atoms. The van der Waals surface area contributed by atoms with Gasteiger partial charge in [0.25, 0.3) is 0 Å². The minimum Gasteiger partial charge on any atom is -0.207 e. The van der Waals surface area contributed by atoms with Gasteiger partial charge in [-0.3, -0.25) is 0 Å². The summed E-state index contributed by atoms with van der Waals surface area (Å²) in [6.07, 6.45) is 0. The molecule has 0 aliphatic rings. The van der Waals surface area contributed by atoms with Gasteiger partial charge in [-0.15, -0.1) is 0 Å². The molecule has 0 atom stereocenters. The third kappa shape index (κ3) is 3.59. The maximum Gasteiger partial charge on any atom is 0.241 e. The highest BCUT2D eigenvalue weighted by Gasteiger charge is 2.24. The van der Waals surface area contributed by atoms with Crippen LogP contribution in [0.25, 0.3) is 0 Å². The number of benzene rings is 1. The van der Waals surface area contributed by atoms with Crippen molar-refractivity contribution < 1.29 is 8.42 Å². The average molecular weight is 292 g/mol. The Balaban J connectivity index is 2.96. The van der Waals surface area contributed by atoms with Crippen LogP contribution in [-0.2, 0) is 10.0 Å². The molecule has 3 nitrogen and oxygen atoms in total. The van der Waals surface area contributed by atoms with Crippen LogP contribution in [0.15, 0.2) is 35.2 Å². The Bertz CT molecular complexity index is 414. The van der Waals surface area contributed by atoms with Gasteiger partial charge in [-0.2, -0.15) is 0 Å². The van der Waals surface area contributed by atoms with E-state index < -0.39 is 15.6 Å². The maximum absolute atomic E-state index is 11.9. The van der Waals surface area contributed by atoms with E-state index in [4.69, 9.17) is 0 Å². The first-order valence-corrected chi connectivity index (χ1v) is 7.13. The Morgan fingerprint density at radius 2 is 1.80 bits per heavy atom. The molecule has 84 valence electrons. The van der Waals surface area contributed by atoms with Crippen molar-refractivity contribution in [3.63, 3.8) is 0 Å². The van der Waals surface area contributed by atoms with Gasteiger partial charge >= 0.3 is 0 Å². The van der Waals surface area contributed by atoms with Gasteiger partial charge < -0.3 is 0 Å². The number of sulfonamides is 1. The largest absolute Gasteiger partial charge is 0.241 e. The number of rotatable bonds is 4. The fourth-order valence-electron chi connectivity index (χ4n) is 1.05. The predicted octanol–water partition coefficient (Wildman–Crippen LogP) is 2.14. The van der Waals surface area contributed by atoms with Crippen molar-refractivity contribution in [2.75, 3.05) is 5.33 Å².